The van der Waals surface area contributed by atoms with Crippen molar-refractivity contribution >= 4 is 13.6 Å². The highest BCUT2D eigenvalue weighted by atomic mass is 31.2. The van der Waals surface area contributed by atoms with Crippen LogP contribution in [0.5, 0.6) is 0 Å². The summed E-state index contributed by atoms with van der Waals surface area (Å²) < 4.78 is 22.6. The lowest BCUT2D eigenvalue weighted by molar-refractivity contribution is -0.131. The van der Waals surface area contributed by atoms with Crippen molar-refractivity contribution in [2.45, 2.75) is 32.9 Å². The van der Waals surface area contributed by atoms with Crippen LogP contribution in [0.25, 0.3) is 0 Å². The highest BCUT2D eigenvalue weighted by Crippen LogP contribution is 2.54. The number of hydrogen-bond donors (Lipinski definition) is 1. The normalized spacial score (nSPS) is 14.2. The predicted octanol–water partition coefficient (Wildman–Crippen LogP) is 2.67. The van der Waals surface area contributed by atoms with Gasteiger partial charge in [-0.05, 0) is 20.3 Å². The smallest absolute Gasteiger partial charge is 0.337 e. The number of rotatable bonds is 8. The van der Waals surface area contributed by atoms with Crippen molar-refractivity contribution in [3.63, 3.8) is 0 Å². The van der Waals surface area contributed by atoms with Gasteiger partial charge in [0.2, 0.25) is 0 Å². The highest BCUT2D eigenvalue weighted by Gasteiger charge is 2.32. The molecule has 0 fully saturated rings. The van der Waals surface area contributed by atoms with Crippen LogP contribution in [0, 0.1) is 0 Å². The summed E-state index contributed by atoms with van der Waals surface area (Å²) in [6.45, 7) is 5.80. The van der Waals surface area contributed by atoms with Crippen molar-refractivity contribution in [1.82, 2.24) is 0 Å². The predicted molar refractivity (Wildman–Crippen MR) is 61.7 cm³/mol. The Morgan fingerprint density at radius 2 is 1.81 bits per heavy atom. The van der Waals surface area contributed by atoms with Gasteiger partial charge in [0.1, 0.15) is 0 Å². The molecule has 0 aromatic heterocycles. The first kappa shape index (κ1) is 15.4. The van der Waals surface area contributed by atoms with E-state index in [1.165, 1.54) is 6.08 Å². The molecule has 0 aliphatic rings. The molecule has 0 amide bonds. The minimum atomic E-state index is -3.24. The first-order chi connectivity index (χ1) is 7.50. The van der Waals surface area contributed by atoms with Gasteiger partial charge in [0.15, 0.2) is 0 Å². The Hall–Kier alpha value is -0.640. The molecule has 0 bridgehead atoms. The molecule has 6 heteroatoms. The van der Waals surface area contributed by atoms with E-state index in [0.29, 0.717) is 6.42 Å². The van der Waals surface area contributed by atoms with E-state index in [1.54, 1.807) is 13.8 Å². The number of allylic oxidation sites excluding steroid dienone is 1. The number of aliphatic carboxylic acids is 1. The fraction of sp³-hybridized carbons (Fsp3) is 0.700. The number of carboxylic acid groups (broad SMARTS) is 1. The van der Waals surface area contributed by atoms with Gasteiger partial charge >= 0.3 is 13.6 Å². The van der Waals surface area contributed by atoms with E-state index in [9.17, 15) is 9.36 Å². The van der Waals surface area contributed by atoms with Crippen LogP contribution in [0.1, 0.15) is 27.2 Å². The Balaban J connectivity index is 4.84. The molecule has 0 rings (SSSR count). The van der Waals surface area contributed by atoms with Gasteiger partial charge in [0, 0.05) is 6.08 Å². The average Bonchev–Trinajstić information content (AvgIpc) is 2.18. The van der Waals surface area contributed by atoms with Crippen LogP contribution in [0.4, 0.5) is 0 Å². The molecule has 0 saturated heterocycles. The van der Waals surface area contributed by atoms with E-state index in [-0.39, 0.29) is 13.2 Å². The zero-order chi connectivity index (χ0) is 12.6. The van der Waals surface area contributed by atoms with E-state index >= 15 is 0 Å². The summed E-state index contributed by atoms with van der Waals surface area (Å²) >= 11 is 0. The summed E-state index contributed by atoms with van der Waals surface area (Å²) in [7, 11) is -3.24. The third-order valence-corrected chi connectivity index (χ3v) is 4.49. The minimum Gasteiger partial charge on any atom is -0.478 e. The quantitative estimate of drug-likeness (QED) is 0.529. The maximum Gasteiger partial charge on any atom is 0.337 e. The summed E-state index contributed by atoms with van der Waals surface area (Å²) in [5.41, 5.74) is -0.511. The SMILES string of the molecule is CCOP(=O)(OCC)C(/C=C/C(=O)O)CC. The average molecular weight is 250 g/mol. The lowest BCUT2D eigenvalue weighted by Crippen LogP contribution is -2.10. The monoisotopic (exact) mass is 250 g/mol. The molecule has 1 atom stereocenters. The van der Waals surface area contributed by atoms with Crippen LogP contribution in [-0.4, -0.2) is 29.9 Å². The van der Waals surface area contributed by atoms with Gasteiger partial charge in [-0.2, -0.15) is 0 Å². The third kappa shape index (κ3) is 4.92. The van der Waals surface area contributed by atoms with Crippen molar-refractivity contribution in [2.75, 3.05) is 13.2 Å². The summed E-state index contributed by atoms with van der Waals surface area (Å²) in [6.07, 6.45) is 2.84. The number of hydrogen-bond acceptors (Lipinski definition) is 4. The van der Waals surface area contributed by atoms with Crippen molar-refractivity contribution in [1.29, 1.82) is 0 Å². The molecule has 0 aromatic carbocycles. The van der Waals surface area contributed by atoms with Gasteiger partial charge in [0.05, 0.1) is 18.9 Å². The molecule has 0 saturated carbocycles. The van der Waals surface area contributed by atoms with E-state index in [0.717, 1.165) is 6.08 Å². The lowest BCUT2D eigenvalue weighted by Gasteiger charge is -2.22. The van der Waals surface area contributed by atoms with Crippen molar-refractivity contribution in [2.24, 2.45) is 0 Å². The highest BCUT2D eigenvalue weighted by molar-refractivity contribution is 7.54. The van der Waals surface area contributed by atoms with Gasteiger partial charge < -0.3 is 14.2 Å². The first-order valence-electron chi connectivity index (χ1n) is 5.30. The fourth-order valence-corrected chi connectivity index (χ4v) is 3.17. The molecule has 0 aliphatic heterocycles. The lowest BCUT2D eigenvalue weighted by atomic mass is 10.3. The first-order valence-corrected chi connectivity index (χ1v) is 6.91. The maximum absolute atomic E-state index is 12.3. The Bertz CT molecular complexity index is 277. The molecule has 0 aromatic rings. The van der Waals surface area contributed by atoms with Crippen LogP contribution >= 0.6 is 7.60 Å². The molecule has 0 aliphatic carbocycles. The number of carbonyl (C=O) groups is 1. The van der Waals surface area contributed by atoms with Crippen molar-refractivity contribution < 1.29 is 23.5 Å². The second kappa shape index (κ2) is 7.60. The van der Waals surface area contributed by atoms with Gasteiger partial charge in [-0.25, -0.2) is 4.79 Å². The van der Waals surface area contributed by atoms with E-state index in [4.69, 9.17) is 14.2 Å². The molecule has 16 heavy (non-hydrogen) atoms. The van der Waals surface area contributed by atoms with Crippen molar-refractivity contribution in [3.05, 3.63) is 12.2 Å². The summed E-state index contributed by atoms with van der Waals surface area (Å²) in [6, 6.07) is 0. The van der Waals surface area contributed by atoms with Crippen LogP contribution in [0.2, 0.25) is 0 Å². The fourth-order valence-electron chi connectivity index (χ4n) is 1.25. The molecular formula is C10H19O5P. The third-order valence-electron chi connectivity index (χ3n) is 1.90. The Morgan fingerprint density at radius 3 is 2.12 bits per heavy atom. The van der Waals surface area contributed by atoms with Gasteiger partial charge in [0.25, 0.3) is 0 Å². The molecular weight excluding hydrogens is 231 g/mol. The standard InChI is InChI=1S/C10H19O5P/c1-4-9(7-8-10(11)12)16(13,14-5-2)15-6-3/h7-9H,4-6H2,1-3H3,(H,11,12)/b8-7+. The zero-order valence-electron chi connectivity index (χ0n) is 9.88. The van der Waals surface area contributed by atoms with Gasteiger partial charge in [-0.15, -0.1) is 0 Å². The summed E-state index contributed by atoms with van der Waals surface area (Å²) in [5, 5.41) is 8.53. The molecule has 0 heterocycles. The second-order valence-electron chi connectivity index (χ2n) is 3.05. The van der Waals surface area contributed by atoms with Gasteiger partial charge in [-0.3, -0.25) is 4.57 Å². The largest absolute Gasteiger partial charge is 0.478 e. The molecule has 0 spiro atoms. The summed E-state index contributed by atoms with van der Waals surface area (Å²) in [5.74, 6) is -1.07. The Kier molecular flexibility index (Phi) is 7.30. The Morgan fingerprint density at radius 1 is 1.31 bits per heavy atom. The van der Waals surface area contributed by atoms with Crippen molar-refractivity contribution in [3.8, 4) is 0 Å². The molecule has 0 radical (unpaired) electrons. The molecule has 1 unspecified atom stereocenters. The zero-order valence-corrected chi connectivity index (χ0v) is 10.8. The van der Waals surface area contributed by atoms with Crippen LogP contribution < -0.4 is 0 Å². The van der Waals surface area contributed by atoms with Crippen LogP contribution in [0.3, 0.4) is 0 Å². The van der Waals surface area contributed by atoms with E-state index < -0.39 is 19.2 Å². The Labute approximate surface area is 96.0 Å². The molecule has 5 nitrogen and oxygen atoms in total. The topological polar surface area (TPSA) is 72.8 Å². The van der Waals surface area contributed by atoms with E-state index in [1.807, 2.05) is 6.92 Å². The van der Waals surface area contributed by atoms with Gasteiger partial charge in [-0.1, -0.05) is 13.0 Å². The number of carboxylic acids is 1. The second-order valence-corrected chi connectivity index (χ2v) is 5.31. The van der Waals surface area contributed by atoms with Crippen LogP contribution in [-0.2, 0) is 18.4 Å². The minimum absolute atomic E-state index is 0.273. The van der Waals surface area contributed by atoms with E-state index in [2.05, 4.69) is 0 Å². The summed E-state index contributed by atoms with van der Waals surface area (Å²) in [4.78, 5) is 10.4. The van der Waals surface area contributed by atoms with Crippen LogP contribution in [0.15, 0.2) is 12.2 Å². The molecule has 94 valence electrons. The molecule has 1 N–H and O–H groups in total. The maximum atomic E-state index is 12.3.